The third kappa shape index (κ3) is 6.28. The minimum Gasteiger partial charge on any atom is -0.322 e. The average Bonchev–Trinajstić information content (AvgIpc) is 2.87. The summed E-state index contributed by atoms with van der Waals surface area (Å²) in [6.45, 7) is 1.70. The Bertz CT molecular complexity index is 1710. The molecule has 4 rings (SSSR count). The van der Waals surface area contributed by atoms with Gasteiger partial charge in [0.1, 0.15) is 0 Å². The van der Waals surface area contributed by atoms with Gasteiger partial charge in [-0.05, 0) is 79.2 Å². The maximum atomic E-state index is 12.8. The standard InChI is InChI=1S/C26H21Cl2N3O5S2/c1-17-23(27)8-5-9-25(17)31-38(35,36)21-13-10-18(11-14-21)29-26(32)22-15-12-19(16-24(22)28)30-37(33,34)20-6-3-2-4-7-20/h2-16,30-31H,1H3,(H,29,32). The number of rotatable bonds is 8. The van der Waals surface area contributed by atoms with E-state index in [0.29, 0.717) is 22.0 Å². The average molecular weight is 591 g/mol. The minimum atomic E-state index is -3.90. The van der Waals surface area contributed by atoms with E-state index in [1.165, 1.54) is 54.6 Å². The zero-order chi connectivity index (χ0) is 27.5. The fourth-order valence-corrected chi connectivity index (χ4v) is 6.05. The van der Waals surface area contributed by atoms with Gasteiger partial charge in [-0.3, -0.25) is 14.2 Å². The lowest BCUT2D eigenvalue weighted by atomic mass is 10.2. The van der Waals surface area contributed by atoms with Gasteiger partial charge in [-0.1, -0.05) is 47.5 Å². The fraction of sp³-hybridized carbons (Fsp3) is 0.0385. The van der Waals surface area contributed by atoms with Crippen molar-refractivity contribution >= 4 is 66.2 Å². The number of carbonyl (C=O) groups excluding carboxylic acids is 1. The molecule has 0 spiro atoms. The number of sulfonamides is 2. The molecule has 0 saturated carbocycles. The summed E-state index contributed by atoms with van der Waals surface area (Å²) >= 11 is 12.3. The number of amides is 1. The van der Waals surface area contributed by atoms with E-state index in [1.807, 2.05) is 0 Å². The van der Waals surface area contributed by atoms with Crippen molar-refractivity contribution in [3.8, 4) is 0 Å². The second-order valence-corrected chi connectivity index (χ2v) is 12.3. The smallest absolute Gasteiger partial charge is 0.261 e. The zero-order valence-corrected chi connectivity index (χ0v) is 22.9. The molecule has 12 heteroatoms. The molecule has 0 aliphatic heterocycles. The third-order valence-electron chi connectivity index (χ3n) is 5.45. The van der Waals surface area contributed by atoms with Crippen LogP contribution in [0.25, 0.3) is 0 Å². The Morgan fingerprint density at radius 2 is 1.26 bits per heavy atom. The fourth-order valence-electron chi connectivity index (χ4n) is 3.41. The second-order valence-electron chi connectivity index (χ2n) is 8.11. The number of nitrogens with one attached hydrogen (secondary N) is 3. The minimum absolute atomic E-state index is 0.0111. The van der Waals surface area contributed by atoms with Crippen LogP contribution in [0.1, 0.15) is 15.9 Å². The molecule has 1 amide bonds. The predicted octanol–water partition coefficient (Wildman–Crippen LogP) is 6.16. The second kappa shape index (κ2) is 11.0. The highest BCUT2D eigenvalue weighted by Crippen LogP contribution is 2.27. The Hall–Kier alpha value is -3.57. The highest BCUT2D eigenvalue weighted by Gasteiger charge is 2.18. The van der Waals surface area contributed by atoms with Gasteiger partial charge < -0.3 is 5.32 Å². The van der Waals surface area contributed by atoms with E-state index in [-0.39, 0.29) is 26.1 Å². The Labute approximate surface area is 230 Å². The van der Waals surface area contributed by atoms with Crippen LogP contribution in [-0.2, 0) is 20.0 Å². The Morgan fingerprint density at radius 1 is 0.658 bits per heavy atom. The largest absolute Gasteiger partial charge is 0.322 e. The summed E-state index contributed by atoms with van der Waals surface area (Å²) in [5, 5.41) is 3.10. The van der Waals surface area contributed by atoms with Crippen molar-refractivity contribution in [2.24, 2.45) is 0 Å². The van der Waals surface area contributed by atoms with Crippen LogP contribution in [0, 0.1) is 6.92 Å². The van der Waals surface area contributed by atoms with E-state index in [4.69, 9.17) is 23.2 Å². The molecular weight excluding hydrogens is 569 g/mol. The summed E-state index contributed by atoms with van der Waals surface area (Å²) < 4.78 is 55.5. The molecule has 0 fully saturated rings. The van der Waals surface area contributed by atoms with E-state index in [2.05, 4.69) is 14.8 Å². The maximum Gasteiger partial charge on any atom is 0.261 e. The first-order chi connectivity index (χ1) is 18.0. The number of hydrogen-bond acceptors (Lipinski definition) is 5. The van der Waals surface area contributed by atoms with Gasteiger partial charge in [-0.15, -0.1) is 0 Å². The van der Waals surface area contributed by atoms with Crippen molar-refractivity contribution in [3.05, 3.63) is 112 Å². The van der Waals surface area contributed by atoms with Gasteiger partial charge in [-0.2, -0.15) is 0 Å². The first-order valence-corrected chi connectivity index (χ1v) is 14.8. The Balaban J connectivity index is 1.45. The summed E-state index contributed by atoms with van der Waals surface area (Å²) in [7, 11) is -7.72. The molecule has 0 unspecified atom stereocenters. The van der Waals surface area contributed by atoms with Gasteiger partial charge in [0.05, 0.1) is 31.8 Å². The summed E-state index contributed by atoms with van der Waals surface area (Å²) in [5.41, 5.74) is 1.57. The van der Waals surface area contributed by atoms with Crippen molar-refractivity contribution in [3.63, 3.8) is 0 Å². The van der Waals surface area contributed by atoms with E-state index < -0.39 is 26.0 Å². The van der Waals surface area contributed by atoms with E-state index in [0.717, 1.165) is 0 Å². The van der Waals surface area contributed by atoms with Crippen LogP contribution in [0.4, 0.5) is 17.1 Å². The molecule has 0 aromatic heterocycles. The highest BCUT2D eigenvalue weighted by atomic mass is 35.5. The molecule has 4 aromatic rings. The van der Waals surface area contributed by atoms with Gasteiger partial charge in [0.2, 0.25) is 0 Å². The van der Waals surface area contributed by atoms with Crippen LogP contribution >= 0.6 is 23.2 Å². The molecule has 0 saturated heterocycles. The van der Waals surface area contributed by atoms with Crippen molar-refractivity contribution in [2.45, 2.75) is 16.7 Å². The molecule has 38 heavy (non-hydrogen) atoms. The zero-order valence-electron chi connectivity index (χ0n) is 19.8. The lowest BCUT2D eigenvalue weighted by Gasteiger charge is -2.13. The molecule has 0 bridgehead atoms. The van der Waals surface area contributed by atoms with E-state index >= 15 is 0 Å². The van der Waals surface area contributed by atoms with Crippen LogP contribution in [-0.4, -0.2) is 22.7 Å². The Kier molecular flexibility index (Phi) is 7.98. The maximum absolute atomic E-state index is 12.8. The molecule has 8 nitrogen and oxygen atoms in total. The number of carbonyl (C=O) groups is 1. The molecule has 3 N–H and O–H groups in total. The lowest BCUT2D eigenvalue weighted by molar-refractivity contribution is 0.102. The monoisotopic (exact) mass is 589 g/mol. The number of halogens is 2. The van der Waals surface area contributed by atoms with Crippen LogP contribution < -0.4 is 14.8 Å². The van der Waals surface area contributed by atoms with Crippen LogP contribution in [0.15, 0.2) is 101 Å². The van der Waals surface area contributed by atoms with Crippen LogP contribution in [0.3, 0.4) is 0 Å². The molecule has 0 atom stereocenters. The molecule has 0 radical (unpaired) electrons. The highest BCUT2D eigenvalue weighted by molar-refractivity contribution is 7.93. The predicted molar refractivity (Wildman–Crippen MR) is 150 cm³/mol. The van der Waals surface area contributed by atoms with Gasteiger partial charge in [0.25, 0.3) is 26.0 Å². The molecule has 196 valence electrons. The van der Waals surface area contributed by atoms with Crippen molar-refractivity contribution in [1.29, 1.82) is 0 Å². The van der Waals surface area contributed by atoms with Crippen LogP contribution in [0.5, 0.6) is 0 Å². The van der Waals surface area contributed by atoms with Crippen molar-refractivity contribution in [1.82, 2.24) is 0 Å². The van der Waals surface area contributed by atoms with Gasteiger partial charge in [0.15, 0.2) is 0 Å². The Morgan fingerprint density at radius 3 is 1.92 bits per heavy atom. The summed E-state index contributed by atoms with van der Waals surface area (Å²) in [5.74, 6) is -0.559. The summed E-state index contributed by atoms with van der Waals surface area (Å²) in [6, 6.07) is 22.4. The van der Waals surface area contributed by atoms with Crippen LogP contribution in [0.2, 0.25) is 10.0 Å². The van der Waals surface area contributed by atoms with E-state index in [1.54, 1.807) is 43.3 Å². The number of hydrogen-bond donors (Lipinski definition) is 3. The lowest BCUT2D eigenvalue weighted by Crippen LogP contribution is -2.15. The van der Waals surface area contributed by atoms with Gasteiger partial charge in [-0.25, -0.2) is 16.8 Å². The quantitative estimate of drug-likeness (QED) is 0.227. The first-order valence-electron chi connectivity index (χ1n) is 11.0. The molecule has 4 aromatic carbocycles. The third-order valence-corrected chi connectivity index (χ3v) is 8.95. The SMILES string of the molecule is Cc1c(Cl)cccc1NS(=O)(=O)c1ccc(NC(=O)c2ccc(NS(=O)(=O)c3ccccc3)cc2Cl)cc1. The normalized spacial score (nSPS) is 11.6. The summed E-state index contributed by atoms with van der Waals surface area (Å²) in [4.78, 5) is 12.8. The van der Waals surface area contributed by atoms with Gasteiger partial charge in [0, 0.05) is 10.7 Å². The topological polar surface area (TPSA) is 121 Å². The van der Waals surface area contributed by atoms with Gasteiger partial charge >= 0.3 is 0 Å². The molecule has 0 heterocycles. The molecule has 0 aliphatic carbocycles. The molecule has 0 aliphatic rings. The molecular formula is C26H21Cl2N3O5S2. The van der Waals surface area contributed by atoms with E-state index in [9.17, 15) is 21.6 Å². The summed E-state index contributed by atoms with van der Waals surface area (Å²) in [6.07, 6.45) is 0. The van der Waals surface area contributed by atoms with Crippen molar-refractivity contribution in [2.75, 3.05) is 14.8 Å². The van der Waals surface area contributed by atoms with Crippen molar-refractivity contribution < 1.29 is 21.6 Å². The first kappa shape index (κ1) is 27.5. The number of anilines is 3. The number of benzene rings is 4.